The van der Waals surface area contributed by atoms with Gasteiger partial charge in [-0.3, -0.25) is 4.79 Å². The second kappa shape index (κ2) is 5.65. The lowest BCUT2D eigenvalue weighted by molar-refractivity contribution is -0.132. The minimum Gasteiger partial charge on any atom is -0.338 e. The van der Waals surface area contributed by atoms with Crippen molar-refractivity contribution >= 4 is 17.2 Å². The molecular weight excluding hydrogens is 232 g/mol. The highest BCUT2D eigenvalue weighted by molar-refractivity contribution is 7.09. The van der Waals surface area contributed by atoms with Crippen molar-refractivity contribution in [2.45, 2.75) is 38.8 Å². The highest BCUT2D eigenvalue weighted by Gasteiger charge is 2.30. The van der Waals surface area contributed by atoms with Gasteiger partial charge in [-0.15, -0.1) is 11.3 Å². The van der Waals surface area contributed by atoms with Crippen LogP contribution in [0.1, 0.15) is 31.1 Å². The highest BCUT2D eigenvalue weighted by Crippen LogP contribution is 2.33. The van der Waals surface area contributed by atoms with Crippen LogP contribution in [0, 0.1) is 5.92 Å². The van der Waals surface area contributed by atoms with Gasteiger partial charge in [0.2, 0.25) is 5.91 Å². The monoisotopic (exact) mass is 252 g/mol. The number of hydrogen-bond donors (Lipinski definition) is 1. The molecule has 0 bridgehead atoms. The van der Waals surface area contributed by atoms with Gasteiger partial charge in [-0.2, -0.15) is 0 Å². The molecule has 0 saturated heterocycles. The first-order valence-electron chi connectivity index (χ1n) is 6.26. The van der Waals surface area contributed by atoms with Gasteiger partial charge in [0.25, 0.3) is 0 Å². The van der Waals surface area contributed by atoms with Crippen LogP contribution in [0.5, 0.6) is 0 Å². The zero-order valence-electron chi connectivity index (χ0n) is 10.3. The molecule has 17 heavy (non-hydrogen) atoms. The van der Waals surface area contributed by atoms with Crippen LogP contribution in [-0.4, -0.2) is 23.4 Å². The number of carbonyl (C=O) groups excluding carboxylic acids is 1. The number of rotatable bonds is 6. The van der Waals surface area contributed by atoms with Crippen molar-refractivity contribution in [3.8, 4) is 0 Å². The maximum atomic E-state index is 12.1. The predicted molar refractivity (Wildman–Crippen MR) is 70.7 cm³/mol. The molecule has 2 rings (SSSR count). The molecule has 1 atom stereocenters. The number of nitrogens with two attached hydrogens (primary N) is 1. The highest BCUT2D eigenvalue weighted by atomic mass is 32.1. The van der Waals surface area contributed by atoms with Crippen molar-refractivity contribution in [2.75, 3.05) is 6.54 Å². The summed E-state index contributed by atoms with van der Waals surface area (Å²) >= 11 is 1.70. The molecule has 1 aromatic rings. The van der Waals surface area contributed by atoms with E-state index in [4.69, 9.17) is 5.73 Å². The van der Waals surface area contributed by atoms with E-state index in [2.05, 4.69) is 6.07 Å². The average molecular weight is 252 g/mol. The van der Waals surface area contributed by atoms with Crippen molar-refractivity contribution in [3.63, 3.8) is 0 Å². The quantitative estimate of drug-likeness (QED) is 0.844. The fraction of sp³-hybridized carbons (Fsp3) is 0.615. The summed E-state index contributed by atoms with van der Waals surface area (Å²) in [5.74, 6) is 0.791. The van der Waals surface area contributed by atoms with E-state index < -0.39 is 0 Å². The summed E-state index contributed by atoms with van der Waals surface area (Å²) < 4.78 is 0. The van der Waals surface area contributed by atoms with E-state index in [1.807, 2.05) is 23.3 Å². The first kappa shape index (κ1) is 12.6. The van der Waals surface area contributed by atoms with E-state index in [1.165, 1.54) is 17.7 Å². The standard InChI is InChI=1S/C13H20N2OS/c1-2-15(9-11-4-3-7-17-11)13(16)8-12(14)10-5-6-10/h3-4,7,10,12H,2,5-6,8-9,14H2,1H3. The summed E-state index contributed by atoms with van der Waals surface area (Å²) in [5, 5.41) is 2.05. The molecule has 1 amide bonds. The Morgan fingerprint density at radius 2 is 2.41 bits per heavy atom. The third-order valence-electron chi connectivity index (χ3n) is 3.30. The van der Waals surface area contributed by atoms with E-state index in [0.29, 0.717) is 12.3 Å². The number of carbonyl (C=O) groups is 1. The third-order valence-corrected chi connectivity index (χ3v) is 4.16. The van der Waals surface area contributed by atoms with Crippen molar-refractivity contribution in [2.24, 2.45) is 11.7 Å². The molecule has 1 aromatic heterocycles. The Labute approximate surface area is 107 Å². The van der Waals surface area contributed by atoms with Crippen molar-refractivity contribution in [1.82, 2.24) is 4.90 Å². The molecule has 1 heterocycles. The molecule has 1 saturated carbocycles. The van der Waals surface area contributed by atoms with Crippen molar-refractivity contribution in [3.05, 3.63) is 22.4 Å². The third kappa shape index (κ3) is 3.54. The predicted octanol–water partition coefficient (Wildman–Crippen LogP) is 2.22. The number of thiophene rings is 1. The van der Waals surface area contributed by atoms with Crippen molar-refractivity contribution < 1.29 is 4.79 Å². The van der Waals surface area contributed by atoms with Gasteiger partial charge >= 0.3 is 0 Å². The lowest BCUT2D eigenvalue weighted by Gasteiger charge is -2.22. The largest absolute Gasteiger partial charge is 0.338 e. The molecule has 3 nitrogen and oxygen atoms in total. The molecule has 0 aliphatic heterocycles. The van der Waals surface area contributed by atoms with E-state index in [0.717, 1.165) is 13.1 Å². The fourth-order valence-corrected chi connectivity index (χ4v) is 2.71. The van der Waals surface area contributed by atoms with Gasteiger partial charge in [0.15, 0.2) is 0 Å². The van der Waals surface area contributed by atoms with E-state index in [-0.39, 0.29) is 11.9 Å². The summed E-state index contributed by atoms with van der Waals surface area (Å²) in [6.45, 7) is 3.51. The maximum Gasteiger partial charge on any atom is 0.224 e. The van der Waals surface area contributed by atoms with Crippen LogP contribution in [0.25, 0.3) is 0 Å². The second-order valence-electron chi connectivity index (χ2n) is 4.69. The number of hydrogen-bond acceptors (Lipinski definition) is 3. The summed E-state index contributed by atoms with van der Waals surface area (Å²) in [4.78, 5) is 15.2. The Balaban J connectivity index is 1.86. The lowest BCUT2D eigenvalue weighted by Crippen LogP contribution is -2.36. The van der Waals surface area contributed by atoms with E-state index in [1.54, 1.807) is 11.3 Å². The van der Waals surface area contributed by atoms with Gasteiger partial charge < -0.3 is 10.6 Å². The van der Waals surface area contributed by atoms with Gasteiger partial charge in [0.05, 0.1) is 6.54 Å². The van der Waals surface area contributed by atoms with Gasteiger partial charge in [-0.1, -0.05) is 6.07 Å². The van der Waals surface area contributed by atoms with Crippen LogP contribution in [0.4, 0.5) is 0 Å². The first-order valence-corrected chi connectivity index (χ1v) is 7.14. The van der Waals surface area contributed by atoms with Gasteiger partial charge in [-0.25, -0.2) is 0 Å². The normalized spacial score (nSPS) is 16.8. The molecule has 0 spiro atoms. The summed E-state index contributed by atoms with van der Waals surface area (Å²) in [6.07, 6.45) is 2.90. The topological polar surface area (TPSA) is 46.3 Å². The Kier molecular flexibility index (Phi) is 4.18. The number of amides is 1. The molecule has 4 heteroatoms. The second-order valence-corrected chi connectivity index (χ2v) is 5.72. The van der Waals surface area contributed by atoms with Crippen LogP contribution >= 0.6 is 11.3 Å². The molecule has 94 valence electrons. The molecule has 0 radical (unpaired) electrons. The van der Waals surface area contributed by atoms with Crippen LogP contribution in [0.15, 0.2) is 17.5 Å². The SMILES string of the molecule is CCN(Cc1cccs1)C(=O)CC(N)C1CC1. The van der Waals surface area contributed by atoms with Gasteiger partial charge in [0.1, 0.15) is 0 Å². The zero-order valence-corrected chi connectivity index (χ0v) is 11.1. The molecular formula is C13H20N2OS. The summed E-state index contributed by atoms with van der Waals surface area (Å²) in [6, 6.07) is 4.16. The minimum absolute atomic E-state index is 0.0693. The first-order chi connectivity index (χ1) is 8.20. The molecule has 2 N–H and O–H groups in total. The minimum atomic E-state index is 0.0693. The molecule has 1 fully saturated rings. The molecule has 1 aliphatic carbocycles. The fourth-order valence-electron chi connectivity index (χ4n) is 1.99. The zero-order chi connectivity index (χ0) is 12.3. The summed E-state index contributed by atoms with van der Waals surface area (Å²) in [7, 11) is 0. The van der Waals surface area contributed by atoms with Gasteiger partial charge in [-0.05, 0) is 37.1 Å². The van der Waals surface area contributed by atoms with E-state index in [9.17, 15) is 4.79 Å². The Bertz CT molecular complexity index is 360. The maximum absolute atomic E-state index is 12.1. The molecule has 1 unspecified atom stereocenters. The molecule has 1 aliphatic rings. The Morgan fingerprint density at radius 3 is 2.94 bits per heavy atom. The smallest absolute Gasteiger partial charge is 0.224 e. The van der Waals surface area contributed by atoms with Crippen LogP contribution in [-0.2, 0) is 11.3 Å². The summed E-state index contributed by atoms with van der Waals surface area (Å²) in [5.41, 5.74) is 6.00. The van der Waals surface area contributed by atoms with Crippen LogP contribution in [0.3, 0.4) is 0 Å². The average Bonchev–Trinajstić information content (AvgIpc) is 3.04. The Hall–Kier alpha value is -0.870. The Morgan fingerprint density at radius 1 is 1.65 bits per heavy atom. The lowest BCUT2D eigenvalue weighted by atomic mass is 10.1. The molecule has 0 aromatic carbocycles. The van der Waals surface area contributed by atoms with Crippen LogP contribution in [0.2, 0.25) is 0 Å². The van der Waals surface area contributed by atoms with Crippen molar-refractivity contribution in [1.29, 1.82) is 0 Å². The van der Waals surface area contributed by atoms with Crippen LogP contribution < -0.4 is 5.73 Å². The van der Waals surface area contributed by atoms with Gasteiger partial charge in [0, 0.05) is 23.9 Å². The number of nitrogens with zero attached hydrogens (tertiary/aromatic N) is 1. The van der Waals surface area contributed by atoms with E-state index >= 15 is 0 Å².